The normalized spacial score (nSPS) is 13.5. The zero-order chi connectivity index (χ0) is 17.5. The van der Waals surface area contributed by atoms with Crippen molar-refractivity contribution in [3.63, 3.8) is 0 Å². The number of esters is 1. The standard InChI is InChI=1S/C19H30O3Si/c1-7-21-18(20)13-10-15-8-11-16(12-9-15)17(22-23(5)6)14-19(2,3)4/h8-13,17,23H,7,14H2,1-6H3/b13-10+. The van der Waals surface area contributed by atoms with Crippen molar-refractivity contribution in [2.75, 3.05) is 6.61 Å². The molecule has 0 aromatic heterocycles. The van der Waals surface area contributed by atoms with Crippen molar-refractivity contribution in [3.05, 3.63) is 41.5 Å². The molecule has 0 aliphatic carbocycles. The van der Waals surface area contributed by atoms with Crippen LogP contribution >= 0.6 is 0 Å². The van der Waals surface area contributed by atoms with Crippen LogP contribution in [0.1, 0.15) is 51.3 Å². The molecule has 0 aliphatic heterocycles. The van der Waals surface area contributed by atoms with Gasteiger partial charge in [-0.15, -0.1) is 0 Å². The Labute approximate surface area is 142 Å². The Hall–Kier alpha value is -1.39. The summed E-state index contributed by atoms with van der Waals surface area (Å²) >= 11 is 0. The van der Waals surface area contributed by atoms with E-state index < -0.39 is 9.04 Å². The highest BCUT2D eigenvalue weighted by molar-refractivity contribution is 6.48. The van der Waals surface area contributed by atoms with Crippen LogP contribution in [0.5, 0.6) is 0 Å². The number of carbonyl (C=O) groups is 1. The molecule has 1 rings (SSSR count). The maximum atomic E-state index is 11.3. The van der Waals surface area contributed by atoms with Gasteiger partial charge in [-0.2, -0.15) is 0 Å². The van der Waals surface area contributed by atoms with E-state index in [0.717, 1.165) is 12.0 Å². The summed E-state index contributed by atoms with van der Waals surface area (Å²) in [7, 11) is -1.11. The summed E-state index contributed by atoms with van der Waals surface area (Å²) in [6.07, 6.45) is 4.38. The molecule has 0 N–H and O–H groups in total. The van der Waals surface area contributed by atoms with Gasteiger partial charge in [0.2, 0.25) is 0 Å². The van der Waals surface area contributed by atoms with Crippen molar-refractivity contribution in [1.29, 1.82) is 0 Å². The van der Waals surface area contributed by atoms with E-state index in [0.29, 0.717) is 6.61 Å². The van der Waals surface area contributed by atoms with Gasteiger partial charge < -0.3 is 9.16 Å². The molecule has 0 spiro atoms. The van der Waals surface area contributed by atoms with Crippen molar-refractivity contribution in [3.8, 4) is 0 Å². The average Bonchev–Trinajstić information content (AvgIpc) is 2.43. The lowest BCUT2D eigenvalue weighted by molar-refractivity contribution is -0.137. The minimum Gasteiger partial charge on any atom is -0.463 e. The first-order valence-corrected chi connectivity index (χ1v) is 11.1. The van der Waals surface area contributed by atoms with Crippen LogP contribution in [0.4, 0.5) is 0 Å². The molecule has 4 heteroatoms. The van der Waals surface area contributed by atoms with Crippen molar-refractivity contribution in [2.45, 2.75) is 53.3 Å². The quantitative estimate of drug-likeness (QED) is 0.410. The molecule has 0 saturated heterocycles. The Morgan fingerprint density at radius 3 is 2.30 bits per heavy atom. The average molecular weight is 335 g/mol. The van der Waals surface area contributed by atoms with Gasteiger partial charge in [0.1, 0.15) is 0 Å². The molecule has 0 aliphatic rings. The first kappa shape index (κ1) is 19.7. The summed E-state index contributed by atoms with van der Waals surface area (Å²) in [6, 6.07) is 8.23. The first-order valence-electron chi connectivity index (χ1n) is 8.31. The molecule has 1 aromatic carbocycles. The van der Waals surface area contributed by atoms with Gasteiger partial charge in [-0.1, -0.05) is 45.0 Å². The molecule has 1 unspecified atom stereocenters. The van der Waals surface area contributed by atoms with E-state index in [9.17, 15) is 4.79 Å². The van der Waals surface area contributed by atoms with Crippen LogP contribution in [0.3, 0.4) is 0 Å². The van der Waals surface area contributed by atoms with Gasteiger partial charge in [0, 0.05) is 6.08 Å². The van der Waals surface area contributed by atoms with Crippen LogP contribution in [-0.4, -0.2) is 21.6 Å². The topological polar surface area (TPSA) is 35.5 Å². The minimum atomic E-state index is -1.11. The highest BCUT2D eigenvalue weighted by Gasteiger charge is 2.21. The molecular formula is C19H30O3Si. The molecule has 0 amide bonds. The maximum Gasteiger partial charge on any atom is 0.330 e. The van der Waals surface area contributed by atoms with Crippen LogP contribution in [0, 0.1) is 5.41 Å². The lowest BCUT2D eigenvalue weighted by Gasteiger charge is -2.28. The zero-order valence-electron chi connectivity index (χ0n) is 15.3. The lowest BCUT2D eigenvalue weighted by atomic mass is 9.87. The molecule has 1 aromatic rings. The summed E-state index contributed by atoms with van der Waals surface area (Å²) < 4.78 is 11.1. The molecule has 23 heavy (non-hydrogen) atoms. The van der Waals surface area contributed by atoms with Gasteiger partial charge in [-0.05, 0) is 49.1 Å². The highest BCUT2D eigenvalue weighted by atomic mass is 28.3. The fourth-order valence-corrected chi connectivity index (χ4v) is 3.22. The van der Waals surface area contributed by atoms with E-state index in [1.165, 1.54) is 11.6 Å². The predicted molar refractivity (Wildman–Crippen MR) is 98.9 cm³/mol. The second kappa shape index (κ2) is 9.04. The molecule has 0 fully saturated rings. The Morgan fingerprint density at radius 1 is 1.22 bits per heavy atom. The molecule has 128 valence electrons. The smallest absolute Gasteiger partial charge is 0.330 e. The third kappa shape index (κ3) is 8.14. The van der Waals surface area contributed by atoms with E-state index in [-0.39, 0.29) is 17.5 Å². The van der Waals surface area contributed by atoms with E-state index in [1.807, 2.05) is 12.1 Å². The number of carbonyl (C=O) groups excluding carboxylic acids is 1. The summed E-state index contributed by atoms with van der Waals surface area (Å²) in [5.41, 5.74) is 2.41. The van der Waals surface area contributed by atoms with Crippen LogP contribution in [0.2, 0.25) is 13.1 Å². The Morgan fingerprint density at radius 2 is 1.83 bits per heavy atom. The van der Waals surface area contributed by atoms with E-state index in [2.05, 4.69) is 46.0 Å². The van der Waals surface area contributed by atoms with Crippen molar-refractivity contribution in [2.24, 2.45) is 5.41 Å². The van der Waals surface area contributed by atoms with Gasteiger partial charge in [-0.3, -0.25) is 0 Å². The number of hydrogen-bond donors (Lipinski definition) is 0. The second-order valence-corrected chi connectivity index (χ2v) is 9.56. The van der Waals surface area contributed by atoms with Gasteiger partial charge in [0.15, 0.2) is 9.04 Å². The lowest BCUT2D eigenvalue weighted by Crippen LogP contribution is -2.19. The van der Waals surface area contributed by atoms with E-state index >= 15 is 0 Å². The number of ether oxygens (including phenoxy) is 1. The van der Waals surface area contributed by atoms with E-state index in [4.69, 9.17) is 9.16 Å². The molecule has 1 atom stereocenters. The summed E-state index contributed by atoms with van der Waals surface area (Å²) in [5, 5.41) is 0. The molecule has 0 heterocycles. The Bertz CT molecular complexity index is 512. The third-order valence-electron chi connectivity index (χ3n) is 3.24. The second-order valence-electron chi connectivity index (χ2n) is 7.19. The Balaban J connectivity index is 2.83. The SMILES string of the molecule is CCOC(=O)/C=C/c1ccc(C(CC(C)(C)C)O[SiH](C)C)cc1. The van der Waals surface area contributed by atoms with E-state index in [1.54, 1.807) is 13.0 Å². The number of rotatable bonds is 7. The molecular weight excluding hydrogens is 304 g/mol. The van der Waals surface area contributed by atoms with Crippen molar-refractivity contribution < 1.29 is 14.0 Å². The zero-order valence-corrected chi connectivity index (χ0v) is 16.4. The monoisotopic (exact) mass is 334 g/mol. The molecule has 0 saturated carbocycles. The van der Waals surface area contributed by atoms with Gasteiger partial charge in [0.25, 0.3) is 0 Å². The van der Waals surface area contributed by atoms with Gasteiger partial charge >= 0.3 is 5.97 Å². The highest BCUT2D eigenvalue weighted by Crippen LogP contribution is 2.32. The minimum absolute atomic E-state index is 0.143. The third-order valence-corrected chi connectivity index (χ3v) is 4.11. The van der Waals surface area contributed by atoms with Gasteiger partial charge in [0.05, 0.1) is 12.7 Å². The number of benzene rings is 1. The fourth-order valence-electron chi connectivity index (χ4n) is 2.31. The molecule has 3 nitrogen and oxygen atoms in total. The fraction of sp³-hybridized carbons (Fsp3) is 0.526. The van der Waals surface area contributed by atoms with Crippen LogP contribution in [0.25, 0.3) is 6.08 Å². The first-order chi connectivity index (χ1) is 10.7. The molecule has 0 radical (unpaired) electrons. The Kier molecular flexibility index (Phi) is 7.72. The summed E-state index contributed by atoms with van der Waals surface area (Å²) in [5.74, 6) is -0.309. The maximum absolute atomic E-state index is 11.3. The van der Waals surface area contributed by atoms with Crippen LogP contribution < -0.4 is 0 Å². The number of hydrogen-bond acceptors (Lipinski definition) is 3. The van der Waals surface area contributed by atoms with Crippen molar-refractivity contribution >= 4 is 21.1 Å². The van der Waals surface area contributed by atoms with Crippen LogP contribution in [0.15, 0.2) is 30.3 Å². The summed E-state index contributed by atoms with van der Waals surface area (Å²) in [4.78, 5) is 11.3. The predicted octanol–water partition coefficient (Wildman–Crippen LogP) is 4.74. The van der Waals surface area contributed by atoms with Crippen molar-refractivity contribution in [1.82, 2.24) is 0 Å². The summed E-state index contributed by atoms with van der Waals surface area (Å²) in [6.45, 7) is 13.3. The van der Waals surface area contributed by atoms with Crippen LogP contribution in [-0.2, 0) is 14.0 Å². The van der Waals surface area contributed by atoms with Gasteiger partial charge in [-0.25, -0.2) is 4.79 Å². The largest absolute Gasteiger partial charge is 0.463 e. The molecule has 0 bridgehead atoms.